The first-order chi connectivity index (χ1) is 12.7. The predicted octanol–water partition coefficient (Wildman–Crippen LogP) is 2.10. The van der Waals surface area contributed by atoms with Crippen molar-refractivity contribution >= 4 is 24.9 Å². The molecule has 0 amide bonds. The lowest BCUT2D eigenvalue weighted by Crippen LogP contribution is -2.52. The Labute approximate surface area is 161 Å². The Bertz CT molecular complexity index is 482. The van der Waals surface area contributed by atoms with Crippen LogP contribution >= 0.6 is 0 Å². The van der Waals surface area contributed by atoms with Crippen LogP contribution in [0, 0.1) is 0 Å². The molecular weight excluding hydrogens is 404 g/mol. The maximum Gasteiger partial charge on any atom is 0.765 e. The number of ketones is 1. The van der Waals surface area contributed by atoms with Gasteiger partial charge in [0.25, 0.3) is 10.1 Å². The second-order valence-electron chi connectivity index (χ2n) is 5.55. The zero-order chi connectivity index (χ0) is 20.8. The van der Waals surface area contributed by atoms with Crippen molar-refractivity contribution in [3.63, 3.8) is 0 Å². The largest absolute Gasteiger partial charge is 0.765 e. The first-order valence-corrected chi connectivity index (χ1v) is 11.7. The Kier molecular flexibility index (Phi) is 14.2. The van der Waals surface area contributed by atoms with Crippen LogP contribution in [-0.2, 0) is 47.7 Å². The van der Waals surface area contributed by atoms with Crippen molar-refractivity contribution in [2.75, 3.05) is 21.3 Å². The number of hydrogen-bond donors (Lipinski definition) is 1. The minimum atomic E-state index is -4.73. The van der Waals surface area contributed by atoms with E-state index in [0.29, 0.717) is 6.42 Å². The molecule has 0 aliphatic carbocycles. The fourth-order valence-corrected chi connectivity index (χ4v) is 4.68. The van der Waals surface area contributed by atoms with Crippen molar-refractivity contribution in [3.05, 3.63) is 0 Å². The summed E-state index contributed by atoms with van der Waals surface area (Å²) in [5, 5.41) is 0. The van der Waals surface area contributed by atoms with Crippen LogP contribution in [0.2, 0.25) is 0 Å². The maximum absolute atomic E-state index is 12.0. The van der Waals surface area contributed by atoms with E-state index >= 15 is 0 Å². The molecular formula is C14H30O11SSi. The standard InChI is InChI=1S/C14H30O11SSi/c1-5-6-7-8-9-10-13(15)11-12-14(26(16,17)18)22-27(23-19-2,24-20-3)25-21-4/h14H,5-12H2,1-4H3,(H,16,17,18). The van der Waals surface area contributed by atoms with Gasteiger partial charge in [-0.3, -0.25) is 9.35 Å². The summed E-state index contributed by atoms with van der Waals surface area (Å²) < 4.78 is 51.9. The third-order valence-corrected chi connectivity index (χ3v) is 6.23. The van der Waals surface area contributed by atoms with E-state index in [4.69, 9.17) is 18.2 Å². The monoisotopic (exact) mass is 434 g/mol. The van der Waals surface area contributed by atoms with Crippen LogP contribution in [0.25, 0.3) is 0 Å². The minimum absolute atomic E-state index is 0.129. The molecule has 27 heavy (non-hydrogen) atoms. The average Bonchev–Trinajstić information content (AvgIpc) is 2.58. The van der Waals surface area contributed by atoms with Gasteiger partial charge in [-0.15, -0.1) is 0 Å². The number of carbonyl (C=O) groups is 1. The maximum atomic E-state index is 12.0. The number of Topliss-reactive ketones (excluding diaryl/α,β-unsaturated/α-hetero) is 1. The first kappa shape index (κ1) is 26.5. The summed E-state index contributed by atoms with van der Waals surface area (Å²) in [6.07, 6.45) is 4.76. The van der Waals surface area contributed by atoms with Gasteiger partial charge in [0.1, 0.15) is 5.78 Å². The molecule has 0 aromatic rings. The normalized spacial score (nSPS) is 13.7. The van der Waals surface area contributed by atoms with Gasteiger partial charge < -0.3 is 4.43 Å². The summed E-state index contributed by atoms with van der Waals surface area (Å²) in [4.78, 5) is 25.2. The van der Waals surface area contributed by atoms with Gasteiger partial charge in [-0.05, 0) is 12.8 Å². The molecule has 0 aromatic carbocycles. The molecule has 1 atom stereocenters. The van der Waals surface area contributed by atoms with Crippen LogP contribution in [-0.4, -0.2) is 54.6 Å². The lowest BCUT2D eigenvalue weighted by molar-refractivity contribution is -0.372. The molecule has 0 aliphatic heterocycles. The first-order valence-electron chi connectivity index (χ1n) is 8.56. The third kappa shape index (κ3) is 11.8. The summed E-state index contributed by atoms with van der Waals surface area (Å²) in [6, 6.07) is 0. The van der Waals surface area contributed by atoms with Crippen LogP contribution in [0.3, 0.4) is 0 Å². The SMILES string of the molecule is CCCCCCCC(=O)CCC(O[Si](OOC)(OOC)OOC)S(=O)(=O)O. The van der Waals surface area contributed by atoms with Crippen LogP contribution in [0.4, 0.5) is 0 Å². The van der Waals surface area contributed by atoms with Crippen molar-refractivity contribution < 1.29 is 50.6 Å². The van der Waals surface area contributed by atoms with Crippen molar-refractivity contribution in [3.8, 4) is 0 Å². The van der Waals surface area contributed by atoms with Gasteiger partial charge in [-0.2, -0.15) is 22.1 Å². The van der Waals surface area contributed by atoms with Gasteiger partial charge in [0.2, 0.25) is 0 Å². The van der Waals surface area contributed by atoms with Gasteiger partial charge in [0.05, 0.1) is 21.3 Å². The van der Waals surface area contributed by atoms with Gasteiger partial charge in [-0.25, -0.2) is 14.7 Å². The predicted molar refractivity (Wildman–Crippen MR) is 94.1 cm³/mol. The average molecular weight is 435 g/mol. The summed E-state index contributed by atoms with van der Waals surface area (Å²) in [5.41, 5.74) is -1.87. The lowest BCUT2D eigenvalue weighted by Gasteiger charge is -2.26. The smallest absolute Gasteiger partial charge is 0.327 e. The fourth-order valence-electron chi connectivity index (χ4n) is 2.17. The van der Waals surface area contributed by atoms with E-state index in [0.717, 1.165) is 53.4 Å². The van der Waals surface area contributed by atoms with E-state index in [1.54, 1.807) is 0 Å². The molecule has 0 aliphatic rings. The van der Waals surface area contributed by atoms with Crippen molar-refractivity contribution in [1.29, 1.82) is 0 Å². The highest BCUT2D eigenvalue weighted by Crippen LogP contribution is 2.21. The molecule has 0 radical (unpaired) electrons. The van der Waals surface area contributed by atoms with E-state index in [-0.39, 0.29) is 18.6 Å². The van der Waals surface area contributed by atoms with E-state index in [2.05, 4.69) is 21.6 Å². The molecule has 1 unspecified atom stereocenters. The highest BCUT2D eigenvalue weighted by Gasteiger charge is 2.55. The molecule has 0 aromatic heterocycles. The quantitative estimate of drug-likeness (QED) is 0.112. The zero-order valence-electron chi connectivity index (χ0n) is 16.2. The Morgan fingerprint density at radius 3 is 1.89 bits per heavy atom. The number of unbranched alkanes of at least 4 members (excludes halogenated alkanes) is 4. The molecule has 0 saturated heterocycles. The van der Waals surface area contributed by atoms with Gasteiger partial charge >= 0.3 is 9.05 Å². The highest BCUT2D eigenvalue weighted by atomic mass is 32.2. The molecule has 0 spiro atoms. The molecule has 0 bridgehead atoms. The van der Waals surface area contributed by atoms with E-state index in [9.17, 15) is 17.8 Å². The number of hydrogen-bond acceptors (Lipinski definition) is 10. The van der Waals surface area contributed by atoms with Crippen LogP contribution < -0.4 is 0 Å². The molecule has 0 rings (SSSR count). The third-order valence-electron chi connectivity index (χ3n) is 3.38. The molecule has 0 heterocycles. The molecule has 11 nitrogen and oxygen atoms in total. The molecule has 13 heteroatoms. The number of rotatable bonds is 18. The second kappa shape index (κ2) is 14.5. The van der Waals surface area contributed by atoms with E-state index in [1.165, 1.54) is 0 Å². The van der Waals surface area contributed by atoms with Crippen molar-refractivity contribution in [2.45, 2.75) is 63.7 Å². The highest BCUT2D eigenvalue weighted by molar-refractivity contribution is 7.86. The summed E-state index contributed by atoms with van der Waals surface area (Å²) in [6.45, 7) is 2.10. The van der Waals surface area contributed by atoms with Gasteiger partial charge in [-0.1, -0.05) is 32.6 Å². The van der Waals surface area contributed by atoms with Gasteiger partial charge in [0.15, 0.2) is 5.44 Å². The lowest BCUT2D eigenvalue weighted by atomic mass is 10.1. The van der Waals surface area contributed by atoms with Crippen molar-refractivity contribution in [2.24, 2.45) is 0 Å². The Balaban J connectivity index is 4.84. The van der Waals surface area contributed by atoms with E-state index < -0.39 is 24.6 Å². The Morgan fingerprint density at radius 1 is 0.926 bits per heavy atom. The Hall–Kier alpha value is -0.483. The number of carbonyl (C=O) groups excluding carboxylic acids is 1. The van der Waals surface area contributed by atoms with Crippen molar-refractivity contribution in [1.82, 2.24) is 0 Å². The molecule has 1 N–H and O–H groups in total. The Morgan fingerprint density at radius 2 is 1.44 bits per heavy atom. The van der Waals surface area contributed by atoms with Crippen LogP contribution in [0.5, 0.6) is 0 Å². The fraction of sp³-hybridized carbons (Fsp3) is 0.929. The molecule has 162 valence electrons. The summed E-state index contributed by atoms with van der Waals surface area (Å²) in [7, 11) is -5.85. The van der Waals surface area contributed by atoms with Crippen LogP contribution in [0.1, 0.15) is 58.3 Å². The molecule has 0 fully saturated rings. The van der Waals surface area contributed by atoms with Crippen LogP contribution in [0.15, 0.2) is 0 Å². The van der Waals surface area contributed by atoms with Gasteiger partial charge in [0, 0.05) is 12.8 Å². The summed E-state index contributed by atoms with van der Waals surface area (Å²) in [5.74, 6) is -0.149. The summed E-state index contributed by atoms with van der Waals surface area (Å²) >= 11 is 0. The van der Waals surface area contributed by atoms with E-state index in [1.807, 2.05) is 0 Å². The minimum Gasteiger partial charge on any atom is -0.327 e. The topological polar surface area (TPSA) is 136 Å². The second-order valence-corrected chi connectivity index (χ2v) is 8.85. The zero-order valence-corrected chi connectivity index (χ0v) is 18.0. The molecule has 0 saturated carbocycles.